The predicted octanol–water partition coefficient (Wildman–Crippen LogP) is 4.69. The van der Waals surface area contributed by atoms with Crippen molar-refractivity contribution < 1.29 is 5.11 Å². The Balaban J connectivity index is 1.87. The second kappa shape index (κ2) is 5.86. The number of aliphatic hydroxyl groups excluding tert-OH is 1. The average molecular weight is 270 g/mol. The van der Waals surface area contributed by atoms with Crippen molar-refractivity contribution in [1.29, 1.82) is 0 Å². The minimum absolute atomic E-state index is 0.342. The molecule has 2 atom stereocenters. The van der Waals surface area contributed by atoms with E-state index < -0.39 is 0 Å². The first-order valence-electron chi connectivity index (χ1n) is 6.86. The Kier molecular flexibility index (Phi) is 3.96. The highest BCUT2D eigenvalue weighted by atomic mass is 31.1. The van der Waals surface area contributed by atoms with E-state index in [0.29, 0.717) is 17.7 Å². The summed E-state index contributed by atoms with van der Waals surface area (Å²) >= 11 is 0. The first-order valence-corrected chi connectivity index (χ1v) is 8.53. The van der Waals surface area contributed by atoms with Crippen LogP contribution in [-0.4, -0.2) is 11.5 Å². The molecule has 0 amide bonds. The zero-order valence-corrected chi connectivity index (χ0v) is 11.8. The maximum Gasteiger partial charge on any atom is 0.0635 e. The van der Waals surface area contributed by atoms with Crippen molar-refractivity contribution >= 4 is 7.92 Å². The molecule has 1 aliphatic rings. The van der Waals surface area contributed by atoms with Crippen LogP contribution in [0.2, 0.25) is 0 Å². The van der Waals surface area contributed by atoms with Gasteiger partial charge in [0, 0.05) is 11.3 Å². The lowest BCUT2D eigenvalue weighted by atomic mass is 10.0. The summed E-state index contributed by atoms with van der Waals surface area (Å²) in [6.07, 6.45) is 2.75. The van der Waals surface area contributed by atoms with Gasteiger partial charge in [0.05, 0.1) is 6.35 Å². The van der Waals surface area contributed by atoms with Gasteiger partial charge in [0.1, 0.15) is 0 Å². The lowest BCUT2D eigenvalue weighted by molar-refractivity contribution is 0.368. The van der Waals surface area contributed by atoms with Crippen LogP contribution in [0.1, 0.15) is 35.3 Å². The molecule has 2 unspecified atom stereocenters. The molecular formula is C17H19OP. The molecule has 0 bridgehead atoms. The predicted molar refractivity (Wildman–Crippen MR) is 81.6 cm³/mol. The van der Waals surface area contributed by atoms with Gasteiger partial charge in [-0.1, -0.05) is 68.6 Å². The van der Waals surface area contributed by atoms with Crippen LogP contribution in [0.25, 0.3) is 0 Å². The highest BCUT2D eigenvalue weighted by Gasteiger charge is 2.36. The molecule has 1 heterocycles. The molecule has 2 aromatic rings. The second-order valence-electron chi connectivity index (χ2n) is 5.09. The van der Waals surface area contributed by atoms with E-state index in [1.54, 1.807) is 0 Å². The van der Waals surface area contributed by atoms with Crippen molar-refractivity contribution in [3.8, 4) is 0 Å². The van der Waals surface area contributed by atoms with E-state index in [2.05, 4.69) is 60.7 Å². The largest absolute Gasteiger partial charge is 0.392 e. The highest BCUT2D eigenvalue weighted by Crippen LogP contribution is 2.69. The highest BCUT2D eigenvalue weighted by molar-refractivity contribution is 7.58. The van der Waals surface area contributed by atoms with Crippen LogP contribution in [0, 0.1) is 0 Å². The zero-order chi connectivity index (χ0) is 13.1. The Bertz CT molecular complexity index is 464. The van der Waals surface area contributed by atoms with E-state index in [1.807, 2.05) is 0 Å². The summed E-state index contributed by atoms with van der Waals surface area (Å²) in [5, 5.41) is 9.86. The Morgan fingerprint density at radius 2 is 1.21 bits per heavy atom. The Morgan fingerprint density at radius 1 is 0.789 bits per heavy atom. The van der Waals surface area contributed by atoms with Crippen LogP contribution in [0.5, 0.6) is 0 Å². The molecule has 1 fully saturated rings. The zero-order valence-electron chi connectivity index (χ0n) is 10.9. The van der Waals surface area contributed by atoms with E-state index in [4.69, 9.17) is 0 Å². The van der Waals surface area contributed by atoms with Gasteiger partial charge in [-0.2, -0.15) is 0 Å². The fraction of sp³-hybridized carbons (Fsp3) is 0.294. The maximum absolute atomic E-state index is 9.86. The van der Waals surface area contributed by atoms with E-state index in [1.165, 1.54) is 24.0 Å². The van der Waals surface area contributed by atoms with Gasteiger partial charge in [0.15, 0.2) is 0 Å². The standard InChI is InChI=1S/C17H19OP/c18-13-19-16(14-7-3-1-4-8-14)11-12-17(19)15-9-5-2-6-10-15/h1-10,16-18H,11-13H2. The fourth-order valence-corrected chi connectivity index (χ4v) is 6.03. The lowest BCUT2D eigenvalue weighted by Gasteiger charge is -2.24. The van der Waals surface area contributed by atoms with Crippen molar-refractivity contribution in [2.24, 2.45) is 0 Å². The van der Waals surface area contributed by atoms with Crippen LogP contribution in [0.4, 0.5) is 0 Å². The van der Waals surface area contributed by atoms with E-state index >= 15 is 0 Å². The van der Waals surface area contributed by atoms with Gasteiger partial charge in [-0.3, -0.25) is 0 Å². The molecule has 2 aromatic carbocycles. The van der Waals surface area contributed by atoms with E-state index in [0.717, 1.165) is 0 Å². The van der Waals surface area contributed by atoms with Crippen molar-refractivity contribution in [2.75, 3.05) is 6.35 Å². The molecule has 2 heteroatoms. The Hall–Kier alpha value is -1.17. The first-order chi connectivity index (χ1) is 9.40. The molecule has 3 rings (SSSR count). The molecule has 1 aliphatic heterocycles. The van der Waals surface area contributed by atoms with Crippen LogP contribution in [0.3, 0.4) is 0 Å². The molecule has 98 valence electrons. The number of aliphatic hydroxyl groups is 1. The van der Waals surface area contributed by atoms with Gasteiger partial charge in [0.2, 0.25) is 0 Å². The summed E-state index contributed by atoms with van der Waals surface area (Å²) in [6, 6.07) is 21.4. The minimum Gasteiger partial charge on any atom is -0.392 e. The normalized spacial score (nSPS) is 26.5. The molecular weight excluding hydrogens is 251 g/mol. The summed E-state index contributed by atoms with van der Waals surface area (Å²) in [6.45, 7) is 0. The summed E-state index contributed by atoms with van der Waals surface area (Å²) in [5.41, 5.74) is 3.93. The van der Waals surface area contributed by atoms with Crippen LogP contribution in [-0.2, 0) is 0 Å². The molecule has 0 spiro atoms. The molecule has 1 nitrogen and oxygen atoms in total. The first kappa shape index (κ1) is 12.8. The Morgan fingerprint density at radius 3 is 1.58 bits per heavy atom. The molecule has 19 heavy (non-hydrogen) atoms. The topological polar surface area (TPSA) is 20.2 Å². The molecule has 0 aliphatic carbocycles. The summed E-state index contributed by atoms with van der Waals surface area (Å²) in [5.74, 6) is 0. The minimum atomic E-state index is -0.367. The number of rotatable bonds is 3. The van der Waals surface area contributed by atoms with E-state index in [-0.39, 0.29) is 7.92 Å². The number of hydrogen-bond acceptors (Lipinski definition) is 1. The van der Waals surface area contributed by atoms with Crippen molar-refractivity contribution in [1.82, 2.24) is 0 Å². The monoisotopic (exact) mass is 270 g/mol. The molecule has 1 saturated heterocycles. The summed E-state index contributed by atoms with van der Waals surface area (Å²) < 4.78 is 0. The lowest BCUT2D eigenvalue weighted by Crippen LogP contribution is -1.97. The summed E-state index contributed by atoms with van der Waals surface area (Å²) in [4.78, 5) is 0. The van der Waals surface area contributed by atoms with E-state index in [9.17, 15) is 5.11 Å². The van der Waals surface area contributed by atoms with Crippen LogP contribution < -0.4 is 0 Å². The maximum atomic E-state index is 9.86. The average Bonchev–Trinajstić information content (AvgIpc) is 2.93. The van der Waals surface area contributed by atoms with Crippen molar-refractivity contribution in [2.45, 2.75) is 24.2 Å². The third kappa shape index (κ3) is 2.59. The molecule has 0 saturated carbocycles. The molecule has 0 aromatic heterocycles. The molecule has 0 radical (unpaired) electrons. The SMILES string of the molecule is OCP1C(c2ccccc2)CCC1c1ccccc1. The van der Waals surface area contributed by atoms with Gasteiger partial charge in [-0.15, -0.1) is 0 Å². The second-order valence-corrected chi connectivity index (χ2v) is 7.64. The Labute approximate surface area is 116 Å². The fourth-order valence-electron chi connectivity index (χ4n) is 3.13. The summed E-state index contributed by atoms with van der Waals surface area (Å²) in [7, 11) is -0.367. The van der Waals surface area contributed by atoms with Crippen LogP contribution in [0.15, 0.2) is 60.7 Å². The third-order valence-corrected chi connectivity index (χ3v) is 7.09. The quantitative estimate of drug-likeness (QED) is 0.802. The smallest absolute Gasteiger partial charge is 0.0635 e. The van der Waals surface area contributed by atoms with Crippen molar-refractivity contribution in [3.63, 3.8) is 0 Å². The van der Waals surface area contributed by atoms with Crippen LogP contribution >= 0.6 is 7.92 Å². The van der Waals surface area contributed by atoms with Gasteiger partial charge >= 0.3 is 0 Å². The molecule has 1 N–H and O–H groups in total. The number of benzene rings is 2. The van der Waals surface area contributed by atoms with Crippen molar-refractivity contribution in [3.05, 3.63) is 71.8 Å². The third-order valence-electron chi connectivity index (χ3n) is 4.05. The van der Waals surface area contributed by atoms with Gasteiger partial charge in [0.25, 0.3) is 0 Å². The van der Waals surface area contributed by atoms with Gasteiger partial charge < -0.3 is 5.11 Å². The van der Waals surface area contributed by atoms with Gasteiger partial charge in [-0.05, 0) is 24.0 Å². The van der Waals surface area contributed by atoms with Gasteiger partial charge in [-0.25, -0.2) is 0 Å². The number of hydrogen-bond donors (Lipinski definition) is 1.